The average molecular weight is 327 g/mol. The summed E-state index contributed by atoms with van der Waals surface area (Å²) >= 11 is 0. The summed E-state index contributed by atoms with van der Waals surface area (Å²) in [6, 6.07) is 12.2. The molecule has 0 unspecified atom stereocenters. The van der Waals surface area contributed by atoms with E-state index in [0.717, 1.165) is 0 Å². The topological polar surface area (TPSA) is 66.8 Å². The third kappa shape index (κ3) is 2.79. The lowest BCUT2D eigenvalue weighted by molar-refractivity contribution is -0.169. The van der Waals surface area contributed by atoms with Gasteiger partial charge in [-0.15, -0.1) is 5.06 Å². The lowest BCUT2D eigenvalue weighted by atomic mass is 9.96. The summed E-state index contributed by atoms with van der Waals surface area (Å²) in [5.41, 5.74) is 1.46. The van der Waals surface area contributed by atoms with Gasteiger partial charge in [0.2, 0.25) is 0 Å². The molecule has 0 aliphatic carbocycles. The number of halogens is 1. The maximum Gasteiger partial charge on any atom is 0.285 e. The SMILES string of the molecule is COc1ccc(C2=C(Cc3ccc(F)cc3)C(=O)N(O)C2=O)cc1. The lowest BCUT2D eigenvalue weighted by Crippen LogP contribution is -2.27. The number of nitrogens with zero attached hydrogens (tertiary/aromatic N) is 1. The molecule has 1 aliphatic heterocycles. The summed E-state index contributed by atoms with van der Waals surface area (Å²) in [6.07, 6.45) is 0.114. The molecule has 0 atom stereocenters. The minimum Gasteiger partial charge on any atom is -0.497 e. The van der Waals surface area contributed by atoms with Gasteiger partial charge in [0.1, 0.15) is 11.6 Å². The Morgan fingerprint density at radius 3 is 2.21 bits per heavy atom. The maximum atomic E-state index is 13.0. The van der Waals surface area contributed by atoms with Gasteiger partial charge in [0.15, 0.2) is 0 Å². The number of methoxy groups -OCH3 is 1. The first-order valence-electron chi connectivity index (χ1n) is 7.21. The predicted octanol–water partition coefficient (Wildman–Crippen LogP) is 2.59. The molecule has 1 heterocycles. The van der Waals surface area contributed by atoms with Crippen molar-refractivity contribution in [2.45, 2.75) is 6.42 Å². The van der Waals surface area contributed by atoms with Gasteiger partial charge in [0, 0.05) is 12.0 Å². The summed E-state index contributed by atoms with van der Waals surface area (Å²) in [5.74, 6) is -1.32. The quantitative estimate of drug-likeness (QED) is 0.692. The van der Waals surface area contributed by atoms with E-state index in [4.69, 9.17) is 4.74 Å². The molecule has 0 radical (unpaired) electrons. The van der Waals surface area contributed by atoms with Crippen LogP contribution in [0.4, 0.5) is 4.39 Å². The second-order valence-electron chi connectivity index (χ2n) is 5.31. The maximum absolute atomic E-state index is 13.0. The number of rotatable bonds is 4. The van der Waals surface area contributed by atoms with Gasteiger partial charge in [-0.3, -0.25) is 14.8 Å². The van der Waals surface area contributed by atoms with Gasteiger partial charge in [-0.25, -0.2) is 4.39 Å². The van der Waals surface area contributed by atoms with Crippen molar-refractivity contribution >= 4 is 17.4 Å². The molecule has 0 saturated carbocycles. The van der Waals surface area contributed by atoms with Crippen LogP contribution in [0.5, 0.6) is 5.75 Å². The minimum atomic E-state index is -0.776. The number of carbonyl (C=O) groups excluding carboxylic acids is 2. The van der Waals surface area contributed by atoms with Crippen molar-refractivity contribution in [1.82, 2.24) is 5.06 Å². The van der Waals surface area contributed by atoms with E-state index in [1.54, 1.807) is 24.3 Å². The highest BCUT2D eigenvalue weighted by molar-refractivity contribution is 6.35. The number of ether oxygens (including phenoxy) is 1. The molecule has 6 heteroatoms. The largest absolute Gasteiger partial charge is 0.497 e. The summed E-state index contributed by atoms with van der Waals surface area (Å²) in [4.78, 5) is 24.4. The van der Waals surface area contributed by atoms with Crippen LogP contribution in [0.15, 0.2) is 54.1 Å². The number of imide groups is 1. The lowest BCUT2D eigenvalue weighted by Gasteiger charge is -2.06. The van der Waals surface area contributed by atoms with Crippen LogP contribution in [0.1, 0.15) is 11.1 Å². The molecule has 1 aliphatic rings. The van der Waals surface area contributed by atoms with Gasteiger partial charge in [-0.05, 0) is 35.4 Å². The fraction of sp³-hybridized carbons (Fsp3) is 0.111. The van der Waals surface area contributed by atoms with E-state index in [-0.39, 0.29) is 28.4 Å². The highest BCUT2D eigenvalue weighted by Gasteiger charge is 2.38. The van der Waals surface area contributed by atoms with Crippen molar-refractivity contribution < 1.29 is 23.9 Å². The van der Waals surface area contributed by atoms with Crippen LogP contribution in [-0.4, -0.2) is 29.2 Å². The Bertz CT molecular complexity index is 825. The Balaban J connectivity index is 2.04. The van der Waals surface area contributed by atoms with E-state index < -0.39 is 11.8 Å². The van der Waals surface area contributed by atoms with Crippen molar-refractivity contribution in [3.05, 3.63) is 71.0 Å². The first-order valence-corrected chi connectivity index (χ1v) is 7.21. The van der Waals surface area contributed by atoms with Crippen molar-refractivity contribution in [2.75, 3.05) is 7.11 Å². The molecule has 0 spiro atoms. The van der Waals surface area contributed by atoms with Gasteiger partial charge < -0.3 is 4.74 Å². The van der Waals surface area contributed by atoms with Crippen molar-refractivity contribution in [2.24, 2.45) is 0 Å². The molecule has 0 saturated heterocycles. The van der Waals surface area contributed by atoms with Crippen LogP contribution < -0.4 is 4.74 Å². The van der Waals surface area contributed by atoms with Crippen molar-refractivity contribution in [1.29, 1.82) is 0 Å². The molecule has 2 aromatic carbocycles. The Hall–Kier alpha value is -2.99. The monoisotopic (exact) mass is 327 g/mol. The van der Waals surface area contributed by atoms with Gasteiger partial charge in [0.05, 0.1) is 12.7 Å². The van der Waals surface area contributed by atoms with E-state index in [0.29, 0.717) is 16.9 Å². The van der Waals surface area contributed by atoms with E-state index in [2.05, 4.69) is 0 Å². The molecule has 2 amide bonds. The Morgan fingerprint density at radius 1 is 1.00 bits per heavy atom. The number of benzene rings is 2. The normalized spacial score (nSPS) is 14.5. The molecule has 122 valence electrons. The van der Waals surface area contributed by atoms with E-state index in [1.165, 1.54) is 31.4 Å². The molecule has 5 nitrogen and oxygen atoms in total. The van der Waals surface area contributed by atoms with Crippen molar-refractivity contribution in [3.63, 3.8) is 0 Å². The van der Waals surface area contributed by atoms with Crippen molar-refractivity contribution in [3.8, 4) is 5.75 Å². The fourth-order valence-electron chi connectivity index (χ4n) is 2.59. The van der Waals surface area contributed by atoms with E-state index >= 15 is 0 Å². The third-order valence-electron chi connectivity index (χ3n) is 3.83. The number of amides is 2. The van der Waals surface area contributed by atoms with Crippen LogP contribution in [-0.2, 0) is 16.0 Å². The second kappa shape index (κ2) is 6.25. The van der Waals surface area contributed by atoms with Crippen LogP contribution >= 0.6 is 0 Å². The number of hydroxylamine groups is 2. The molecule has 3 rings (SSSR count). The van der Waals surface area contributed by atoms with Gasteiger partial charge in [-0.2, -0.15) is 0 Å². The zero-order chi connectivity index (χ0) is 17.3. The molecule has 2 aromatic rings. The molecule has 0 aromatic heterocycles. The van der Waals surface area contributed by atoms with Gasteiger partial charge in [0.25, 0.3) is 11.8 Å². The summed E-state index contributed by atoms with van der Waals surface area (Å²) in [5, 5.41) is 9.81. The summed E-state index contributed by atoms with van der Waals surface area (Å²) in [7, 11) is 1.52. The first kappa shape index (κ1) is 15.9. The van der Waals surface area contributed by atoms with E-state index in [1.807, 2.05) is 0 Å². The number of hydrogen-bond acceptors (Lipinski definition) is 4. The van der Waals surface area contributed by atoms with Crippen LogP contribution in [0.25, 0.3) is 5.57 Å². The molecule has 24 heavy (non-hydrogen) atoms. The Labute approximate surface area is 137 Å². The average Bonchev–Trinajstić information content (AvgIpc) is 2.81. The van der Waals surface area contributed by atoms with Gasteiger partial charge >= 0.3 is 0 Å². The molecular formula is C18H14FNO4. The first-order chi connectivity index (χ1) is 11.5. The zero-order valence-corrected chi connectivity index (χ0v) is 12.8. The van der Waals surface area contributed by atoms with Crippen LogP contribution in [0.2, 0.25) is 0 Å². The van der Waals surface area contributed by atoms with Crippen LogP contribution in [0.3, 0.4) is 0 Å². The Kier molecular flexibility index (Phi) is 4.14. The van der Waals surface area contributed by atoms with E-state index in [9.17, 15) is 19.2 Å². The Morgan fingerprint density at radius 2 is 1.62 bits per heavy atom. The minimum absolute atomic E-state index is 0.110. The summed E-state index contributed by atoms with van der Waals surface area (Å²) in [6.45, 7) is 0. The second-order valence-corrected chi connectivity index (χ2v) is 5.31. The number of hydrogen-bond donors (Lipinski definition) is 1. The standard InChI is InChI=1S/C18H14FNO4/c1-24-14-8-4-12(5-9-14)16-15(17(21)20(23)18(16)22)10-11-2-6-13(19)7-3-11/h2-9,23H,10H2,1H3. The molecule has 0 fully saturated rings. The fourth-order valence-corrected chi connectivity index (χ4v) is 2.59. The van der Waals surface area contributed by atoms with Gasteiger partial charge in [-0.1, -0.05) is 24.3 Å². The third-order valence-corrected chi connectivity index (χ3v) is 3.83. The smallest absolute Gasteiger partial charge is 0.285 e. The summed E-state index contributed by atoms with van der Waals surface area (Å²) < 4.78 is 18.1. The highest BCUT2D eigenvalue weighted by Crippen LogP contribution is 2.31. The number of carbonyl (C=O) groups is 2. The molecule has 1 N–H and O–H groups in total. The molecule has 0 bridgehead atoms. The zero-order valence-electron chi connectivity index (χ0n) is 12.8. The molecular weight excluding hydrogens is 313 g/mol. The van der Waals surface area contributed by atoms with Crippen LogP contribution in [0, 0.1) is 5.82 Å². The predicted molar refractivity (Wildman–Crippen MR) is 83.7 cm³/mol. The highest BCUT2D eigenvalue weighted by atomic mass is 19.1.